The van der Waals surface area contributed by atoms with Crippen molar-refractivity contribution in [2.24, 2.45) is 5.92 Å². The number of halogens is 3. The predicted octanol–water partition coefficient (Wildman–Crippen LogP) is 4.78. The maximum Gasteiger partial charge on any atom is 0.137 e. The Labute approximate surface area is 133 Å². The van der Waals surface area contributed by atoms with Gasteiger partial charge in [0.05, 0.1) is 11.6 Å². The van der Waals surface area contributed by atoms with Crippen LogP contribution >= 0.6 is 44.3 Å². The molecule has 104 valence electrons. The summed E-state index contributed by atoms with van der Waals surface area (Å²) in [5.74, 6) is 1.52. The minimum atomic E-state index is 0. The number of ether oxygens (including phenoxy) is 1. The highest BCUT2D eigenvalue weighted by molar-refractivity contribution is 9.11. The molecule has 5 heteroatoms. The number of hydrogen-bond donors (Lipinski definition) is 1. The summed E-state index contributed by atoms with van der Waals surface area (Å²) in [5, 5.41) is 3.51. The van der Waals surface area contributed by atoms with Crippen LogP contribution in [-0.2, 0) is 6.54 Å². The summed E-state index contributed by atoms with van der Waals surface area (Å²) >= 11 is 7.01. The van der Waals surface area contributed by atoms with Crippen LogP contribution < -0.4 is 10.1 Å². The zero-order valence-corrected chi connectivity index (χ0v) is 15.1. The van der Waals surface area contributed by atoms with Gasteiger partial charge in [0.25, 0.3) is 0 Å². The summed E-state index contributed by atoms with van der Waals surface area (Å²) in [4.78, 5) is 0. The normalized spacial score (nSPS) is 12.2. The standard InChI is InChI=1S/C13H19Br2NO.ClH/c1-8(2)9(3)16-7-10-5-11(14)6-12(15)13(10)17-4;/h5-6,8-9,16H,7H2,1-4H3;1H. The molecule has 0 bridgehead atoms. The van der Waals surface area contributed by atoms with Gasteiger partial charge in [-0.3, -0.25) is 0 Å². The van der Waals surface area contributed by atoms with Crippen LogP contribution in [0.2, 0.25) is 0 Å². The Morgan fingerprint density at radius 2 is 1.83 bits per heavy atom. The van der Waals surface area contributed by atoms with Crippen molar-refractivity contribution in [3.05, 3.63) is 26.6 Å². The van der Waals surface area contributed by atoms with Crippen LogP contribution in [-0.4, -0.2) is 13.2 Å². The Morgan fingerprint density at radius 3 is 2.33 bits per heavy atom. The van der Waals surface area contributed by atoms with Crippen molar-refractivity contribution in [2.75, 3.05) is 7.11 Å². The first-order valence-corrected chi connectivity index (χ1v) is 7.29. The van der Waals surface area contributed by atoms with Crippen LogP contribution in [0.4, 0.5) is 0 Å². The number of rotatable bonds is 5. The number of benzene rings is 1. The minimum Gasteiger partial charge on any atom is -0.495 e. The van der Waals surface area contributed by atoms with E-state index in [-0.39, 0.29) is 12.4 Å². The number of nitrogens with one attached hydrogen (secondary N) is 1. The molecule has 18 heavy (non-hydrogen) atoms. The Bertz CT molecular complexity index is 385. The predicted molar refractivity (Wildman–Crippen MR) is 86.8 cm³/mol. The van der Waals surface area contributed by atoms with E-state index in [9.17, 15) is 0 Å². The van der Waals surface area contributed by atoms with E-state index < -0.39 is 0 Å². The molecule has 1 rings (SSSR count). The van der Waals surface area contributed by atoms with Crippen LogP contribution in [0, 0.1) is 5.92 Å². The SMILES string of the molecule is COc1c(Br)cc(Br)cc1CNC(C)C(C)C.Cl. The van der Waals surface area contributed by atoms with Crippen LogP contribution in [0.3, 0.4) is 0 Å². The van der Waals surface area contributed by atoms with E-state index in [0.29, 0.717) is 12.0 Å². The molecule has 2 nitrogen and oxygen atoms in total. The summed E-state index contributed by atoms with van der Waals surface area (Å²) in [5.41, 5.74) is 1.15. The topological polar surface area (TPSA) is 21.3 Å². The lowest BCUT2D eigenvalue weighted by atomic mass is 10.1. The molecule has 1 aromatic rings. The van der Waals surface area contributed by atoms with Crippen molar-refractivity contribution >= 4 is 44.3 Å². The lowest BCUT2D eigenvalue weighted by molar-refractivity contribution is 0.393. The van der Waals surface area contributed by atoms with E-state index in [1.807, 2.05) is 6.07 Å². The molecular formula is C13H20Br2ClNO. The van der Waals surface area contributed by atoms with Crippen molar-refractivity contribution in [1.29, 1.82) is 0 Å². The molecule has 1 unspecified atom stereocenters. The molecule has 1 atom stereocenters. The molecule has 0 aromatic heterocycles. The van der Waals surface area contributed by atoms with E-state index in [0.717, 1.165) is 26.8 Å². The fourth-order valence-electron chi connectivity index (χ4n) is 1.48. The Kier molecular flexibility index (Phi) is 8.52. The smallest absolute Gasteiger partial charge is 0.137 e. The molecule has 0 aliphatic rings. The zero-order chi connectivity index (χ0) is 13.0. The average molecular weight is 402 g/mol. The summed E-state index contributed by atoms with van der Waals surface area (Å²) < 4.78 is 7.45. The lowest BCUT2D eigenvalue weighted by Gasteiger charge is -2.19. The quantitative estimate of drug-likeness (QED) is 0.767. The van der Waals surface area contributed by atoms with Crippen LogP contribution in [0.25, 0.3) is 0 Å². The highest BCUT2D eigenvalue weighted by atomic mass is 79.9. The Morgan fingerprint density at radius 1 is 1.22 bits per heavy atom. The fraction of sp³-hybridized carbons (Fsp3) is 0.538. The van der Waals surface area contributed by atoms with E-state index in [1.165, 1.54) is 0 Å². The van der Waals surface area contributed by atoms with E-state index in [4.69, 9.17) is 4.74 Å². The zero-order valence-electron chi connectivity index (χ0n) is 11.1. The Balaban J connectivity index is 0.00000289. The van der Waals surface area contributed by atoms with Gasteiger partial charge in [-0.25, -0.2) is 0 Å². The average Bonchev–Trinajstić information content (AvgIpc) is 2.24. The Hall–Kier alpha value is 0.230. The first-order chi connectivity index (χ1) is 7.95. The molecular weight excluding hydrogens is 381 g/mol. The van der Waals surface area contributed by atoms with Crippen molar-refractivity contribution < 1.29 is 4.74 Å². The van der Waals surface area contributed by atoms with Crippen molar-refractivity contribution in [1.82, 2.24) is 5.32 Å². The molecule has 0 saturated carbocycles. The summed E-state index contributed by atoms with van der Waals surface area (Å²) in [6, 6.07) is 4.56. The highest BCUT2D eigenvalue weighted by Gasteiger charge is 2.11. The third-order valence-corrected chi connectivity index (χ3v) is 3.95. The summed E-state index contributed by atoms with van der Waals surface area (Å²) in [6.07, 6.45) is 0. The monoisotopic (exact) mass is 399 g/mol. The van der Waals surface area contributed by atoms with Crippen molar-refractivity contribution in [2.45, 2.75) is 33.4 Å². The third kappa shape index (κ3) is 5.08. The molecule has 0 heterocycles. The summed E-state index contributed by atoms with van der Waals surface area (Å²) in [6.45, 7) is 7.43. The van der Waals surface area contributed by atoms with Gasteiger partial charge in [0.2, 0.25) is 0 Å². The second-order valence-corrected chi connectivity index (χ2v) is 6.26. The van der Waals surface area contributed by atoms with E-state index in [2.05, 4.69) is 64.0 Å². The van der Waals surface area contributed by atoms with Gasteiger partial charge in [-0.2, -0.15) is 0 Å². The fourth-order valence-corrected chi connectivity index (χ4v) is 2.96. The number of methoxy groups -OCH3 is 1. The first-order valence-electron chi connectivity index (χ1n) is 5.71. The van der Waals surface area contributed by atoms with Crippen LogP contribution in [0.15, 0.2) is 21.1 Å². The van der Waals surface area contributed by atoms with Crippen LogP contribution in [0.1, 0.15) is 26.3 Å². The molecule has 1 aromatic carbocycles. The second-order valence-electron chi connectivity index (χ2n) is 4.49. The third-order valence-electron chi connectivity index (χ3n) is 2.90. The molecule has 0 aliphatic carbocycles. The van der Waals surface area contributed by atoms with Gasteiger partial charge < -0.3 is 10.1 Å². The van der Waals surface area contributed by atoms with Crippen molar-refractivity contribution in [3.8, 4) is 5.75 Å². The minimum absolute atomic E-state index is 0. The second kappa shape index (κ2) is 8.41. The highest BCUT2D eigenvalue weighted by Crippen LogP contribution is 2.32. The maximum absolute atomic E-state index is 5.42. The van der Waals surface area contributed by atoms with Gasteiger partial charge in [0, 0.05) is 22.6 Å². The van der Waals surface area contributed by atoms with Gasteiger partial charge in [-0.1, -0.05) is 29.8 Å². The first kappa shape index (κ1) is 18.2. The molecule has 1 N–H and O–H groups in total. The molecule has 0 spiro atoms. The van der Waals surface area contributed by atoms with Gasteiger partial charge in [0.1, 0.15) is 5.75 Å². The van der Waals surface area contributed by atoms with Gasteiger partial charge >= 0.3 is 0 Å². The molecule has 0 aliphatic heterocycles. The van der Waals surface area contributed by atoms with Crippen LogP contribution in [0.5, 0.6) is 5.75 Å². The van der Waals surface area contributed by atoms with Gasteiger partial charge in [0.15, 0.2) is 0 Å². The largest absolute Gasteiger partial charge is 0.495 e. The lowest BCUT2D eigenvalue weighted by Crippen LogP contribution is -2.30. The van der Waals surface area contributed by atoms with E-state index in [1.54, 1.807) is 7.11 Å². The van der Waals surface area contributed by atoms with Gasteiger partial charge in [-0.05, 0) is 40.9 Å². The van der Waals surface area contributed by atoms with Gasteiger partial charge in [-0.15, -0.1) is 12.4 Å². The maximum atomic E-state index is 5.42. The summed E-state index contributed by atoms with van der Waals surface area (Å²) in [7, 11) is 1.70. The molecule has 0 radical (unpaired) electrons. The van der Waals surface area contributed by atoms with Crippen molar-refractivity contribution in [3.63, 3.8) is 0 Å². The molecule has 0 amide bonds. The van der Waals surface area contributed by atoms with E-state index >= 15 is 0 Å². The number of hydrogen-bond acceptors (Lipinski definition) is 2. The molecule has 0 fully saturated rings. The molecule has 0 saturated heterocycles.